The first-order valence-corrected chi connectivity index (χ1v) is 8.59. The van der Waals surface area contributed by atoms with Crippen LogP contribution in [0.25, 0.3) is 11.3 Å². The van der Waals surface area contributed by atoms with Crippen molar-refractivity contribution in [2.75, 3.05) is 5.32 Å². The fourth-order valence-corrected chi connectivity index (χ4v) is 3.09. The molecule has 1 aliphatic rings. The Labute approximate surface area is 149 Å². The third-order valence-electron chi connectivity index (χ3n) is 4.36. The zero-order valence-corrected chi connectivity index (χ0v) is 14.1. The Kier molecular flexibility index (Phi) is 4.30. The zero-order valence-electron chi connectivity index (χ0n) is 14.1. The topological polar surface area (TPSA) is 94.7 Å². The molecular weight excluding hydrogens is 332 g/mol. The number of carbonyl (C=O) groups is 1. The number of nitrogens with one attached hydrogen (secondary N) is 1. The van der Waals surface area contributed by atoms with E-state index in [4.69, 9.17) is 0 Å². The van der Waals surface area contributed by atoms with Gasteiger partial charge in [0.05, 0.1) is 11.9 Å². The summed E-state index contributed by atoms with van der Waals surface area (Å²) >= 11 is 0. The van der Waals surface area contributed by atoms with Gasteiger partial charge in [-0.2, -0.15) is 14.6 Å². The van der Waals surface area contributed by atoms with Gasteiger partial charge in [0.2, 0.25) is 5.91 Å². The van der Waals surface area contributed by atoms with E-state index in [0.717, 1.165) is 36.9 Å². The lowest BCUT2D eigenvalue weighted by atomic mass is 10.1. The van der Waals surface area contributed by atoms with Crippen LogP contribution in [-0.4, -0.2) is 30.4 Å². The molecule has 0 radical (unpaired) electrons. The van der Waals surface area contributed by atoms with Gasteiger partial charge in [-0.3, -0.25) is 14.6 Å². The molecule has 0 aromatic carbocycles. The van der Waals surface area contributed by atoms with Crippen LogP contribution in [0.1, 0.15) is 31.4 Å². The highest BCUT2D eigenvalue weighted by Crippen LogP contribution is 2.29. The molecule has 3 aromatic heterocycles. The predicted octanol–water partition coefficient (Wildman–Crippen LogP) is 1.87. The average Bonchev–Trinajstić information content (AvgIpc) is 3.04. The molecule has 1 amide bonds. The van der Waals surface area contributed by atoms with Gasteiger partial charge >= 0.3 is 0 Å². The number of anilines is 1. The van der Waals surface area contributed by atoms with Gasteiger partial charge in [-0.15, -0.1) is 0 Å². The van der Waals surface area contributed by atoms with E-state index in [9.17, 15) is 9.59 Å². The van der Waals surface area contributed by atoms with E-state index in [1.165, 1.54) is 28.1 Å². The number of hydrogen-bond acceptors (Lipinski definition) is 5. The Morgan fingerprint density at radius 2 is 1.92 bits per heavy atom. The van der Waals surface area contributed by atoms with E-state index < -0.39 is 0 Å². The Morgan fingerprint density at radius 1 is 1.04 bits per heavy atom. The lowest BCUT2D eigenvalue weighted by Gasteiger charge is -2.13. The van der Waals surface area contributed by atoms with Gasteiger partial charge < -0.3 is 5.32 Å². The van der Waals surface area contributed by atoms with Crippen LogP contribution in [0.3, 0.4) is 0 Å². The van der Waals surface area contributed by atoms with Crippen LogP contribution in [0.5, 0.6) is 0 Å². The van der Waals surface area contributed by atoms with Crippen molar-refractivity contribution < 1.29 is 4.79 Å². The van der Waals surface area contributed by atoms with Crippen molar-refractivity contribution >= 4 is 11.6 Å². The molecule has 1 aliphatic heterocycles. The molecule has 0 fully saturated rings. The van der Waals surface area contributed by atoms with E-state index in [1.54, 1.807) is 12.4 Å². The summed E-state index contributed by atoms with van der Waals surface area (Å²) in [5.41, 5.74) is 2.73. The van der Waals surface area contributed by atoms with E-state index >= 15 is 0 Å². The molecule has 1 N–H and O–H groups in total. The fraction of sp³-hybridized carbons (Fsp3) is 0.278. The molecule has 4 rings (SSSR count). The first-order chi connectivity index (χ1) is 12.7. The molecule has 0 saturated heterocycles. The lowest BCUT2D eigenvalue weighted by Crippen LogP contribution is -2.27. The zero-order chi connectivity index (χ0) is 17.9. The quantitative estimate of drug-likeness (QED) is 0.723. The second kappa shape index (κ2) is 6.91. The summed E-state index contributed by atoms with van der Waals surface area (Å²) in [7, 11) is 0. The third-order valence-corrected chi connectivity index (χ3v) is 4.36. The molecule has 0 atom stereocenters. The van der Waals surface area contributed by atoms with Gasteiger partial charge in [-0.25, -0.2) is 4.98 Å². The van der Waals surface area contributed by atoms with Crippen LogP contribution in [0.2, 0.25) is 0 Å². The fourth-order valence-electron chi connectivity index (χ4n) is 3.09. The summed E-state index contributed by atoms with van der Waals surface area (Å²) in [5, 5.41) is 7.23. The van der Waals surface area contributed by atoms with Crippen molar-refractivity contribution in [2.45, 2.75) is 32.1 Å². The summed E-state index contributed by atoms with van der Waals surface area (Å²) in [6, 6.07) is 5.19. The Bertz CT molecular complexity index is 1010. The maximum atomic E-state index is 12.3. The Balaban J connectivity index is 1.91. The second-order valence-corrected chi connectivity index (χ2v) is 6.20. The smallest absolute Gasteiger partial charge is 0.273 e. The van der Waals surface area contributed by atoms with Crippen molar-refractivity contribution in [1.82, 2.24) is 24.5 Å². The van der Waals surface area contributed by atoms with Gasteiger partial charge in [0.1, 0.15) is 12.0 Å². The third kappa shape index (κ3) is 3.13. The highest BCUT2D eigenvalue weighted by molar-refractivity contribution is 5.94. The molecular formula is C18H18N6O2. The van der Waals surface area contributed by atoms with Crippen molar-refractivity contribution in [1.29, 1.82) is 0 Å². The number of carbonyl (C=O) groups excluding carboxylic acids is 1. The van der Waals surface area contributed by atoms with Gasteiger partial charge in [0, 0.05) is 36.1 Å². The van der Waals surface area contributed by atoms with Crippen LogP contribution in [-0.2, 0) is 11.2 Å². The van der Waals surface area contributed by atoms with Gasteiger partial charge in [0.15, 0.2) is 0 Å². The minimum Gasteiger partial charge on any atom is -0.323 e. The molecule has 3 aromatic rings. The minimum absolute atomic E-state index is 0.0563. The number of fused-ring (bicyclic) bond motifs is 4. The highest BCUT2D eigenvalue weighted by Gasteiger charge is 2.18. The predicted molar refractivity (Wildman–Crippen MR) is 95.6 cm³/mol. The van der Waals surface area contributed by atoms with Crippen molar-refractivity contribution in [3.63, 3.8) is 0 Å². The first kappa shape index (κ1) is 16.2. The standard InChI is InChI=1S/C18H18N6O2/c25-16-5-3-1-2-4-14-10-13(6-9-20-14)18-15(22-16)11-21-24(18)23-12-19-8-7-17(23)26/h6-12H,1-5H2,(H,22,25). The van der Waals surface area contributed by atoms with E-state index in [1.807, 2.05) is 12.1 Å². The second-order valence-electron chi connectivity index (χ2n) is 6.20. The summed E-state index contributed by atoms with van der Waals surface area (Å²) in [6.07, 6.45) is 10.2. The molecule has 0 aliphatic carbocycles. The van der Waals surface area contributed by atoms with Gasteiger partial charge in [-0.1, -0.05) is 6.42 Å². The number of aromatic nitrogens is 5. The van der Waals surface area contributed by atoms with Crippen molar-refractivity contribution in [3.8, 4) is 11.3 Å². The Hall–Kier alpha value is -3.29. The maximum Gasteiger partial charge on any atom is 0.273 e. The van der Waals surface area contributed by atoms with E-state index in [2.05, 4.69) is 20.4 Å². The monoisotopic (exact) mass is 350 g/mol. The first-order valence-electron chi connectivity index (χ1n) is 8.59. The molecule has 8 nitrogen and oxygen atoms in total. The molecule has 2 bridgehead atoms. The molecule has 132 valence electrons. The van der Waals surface area contributed by atoms with Crippen LogP contribution in [0.4, 0.5) is 5.69 Å². The van der Waals surface area contributed by atoms with Crippen molar-refractivity contribution in [3.05, 3.63) is 59.2 Å². The number of amides is 1. The number of aryl methyl sites for hydroxylation is 1. The number of pyridine rings is 1. The molecule has 0 unspecified atom stereocenters. The van der Waals surface area contributed by atoms with E-state index in [0.29, 0.717) is 17.8 Å². The molecule has 0 spiro atoms. The molecule has 8 heteroatoms. The summed E-state index contributed by atoms with van der Waals surface area (Å²) < 4.78 is 1.30. The van der Waals surface area contributed by atoms with Crippen LogP contribution in [0, 0.1) is 0 Å². The largest absolute Gasteiger partial charge is 0.323 e. The van der Waals surface area contributed by atoms with E-state index in [-0.39, 0.29) is 11.5 Å². The lowest BCUT2D eigenvalue weighted by molar-refractivity contribution is -0.116. The number of rotatable bonds is 1. The van der Waals surface area contributed by atoms with Crippen LogP contribution >= 0.6 is 0 Å². The summed E-state index contributed by atoms with van der Waals surface area (Å²) in [5.74, 6) is -0.0563. The molecule has 0 saturated carbocycles. The summed E-state index contributed by atoms with van der Waals surface area (Å²) in [4.78, 5) is 34.4. The van der Waals surface area contributed by atoms with Crippen LogP contribution in [0.15, 0.2) is 47.9 Å². The van der Waals surface area contributed by atoms with Gasteiger partial charge in [-0.05, 0) is 31.4 Å². The van der Waals surface area contributed by atoms with Gasteiger partial charge in [0.25, 0.3) is 5.56 Å². The molecule has 26 heavy (non-hydrogen) atoms. The highest BCUT2D eigenvalue weighted by atomic mass is 16.2. The number of nitrogens with zero attached hydrogens (tertiary/aromatic N) is 5. The maximum absolute atomic E-state index is 12.3. The van der Waals surface area contributed by atoms with Crippen molar-refractivity contribution in [2.24, 2.45) is 0 Å². The summed E-state index contributed by atoms with van der Waals surface area (Å²) in [6.45, 7) is 0. The Morgan fingerprint density at radius 3 is 2.81 bits per heavy atom. The SMILES string of the molecule is O=C1CCCCCc2cc(ccn2)-c2c(cnn2-n2cnccc2=O)N1. The minimum atomic E-state index is -0.266. The molecule has 4 heterocycles. The normalized spacial score (nSPS) is 14.7. The average molecular weight is 350 g/mol. The van der Waals surface area contributed by atoms with Crippen LogP contribution < -0.4 is 10.9 Å². The number of hydrogen-bond donors (Lipinski definition) is 1.